The lowest BCUT2D eigenvalue weighted by Crippen LogP contribution is -2.54. The fourth-order valence-corrected chi connectivity index (χ4v) is 9.83. The molecule has 3 unspecified atom stereocenters. The molecule has 1 heterocycles. The molecule has 0 saturated heterocycles. The smallest absolute Gasteiger partial charge is 0.0707 e. The van der Waals surface area contributed by atoms with Gasteiger partial charge in [-0.1, -0.05) is 156 Å². The number of allylic oxidation sites excluding steroid dienone is 5. The van der Waals surface area contributed by atoms with Crippen LogP contribution in [-0.2, 0) is 16.2 Å². The quantitative estimate of drug-likeness (QED) is 0.163. The van der Waals surface area contributed by atoms with E-state index in [1.807, 2.05) is 0 Å². The van der Waals surface area contributed by atoms with Crippen molar-refractivity contribution in [2.45, 2.75) is 89.0 Å². The zero-order valence-corrected chi connectivity index (χ0v) is 31.3. The minimum Gasteiger partial charge on any atom is -0.334 e. The van der Waals surface area contributed by atoms with E-state index in [-0.39, 0.29) is 16.4 Å². The minimum atomic E-state index is -0.470. The first kappa shape index (κ1) is 33.3. The van der Waals surface area contributed by atoms with Crippen molar-refractivity contribution in [3.8, 4) is 22.3 Å². The molecule has 51 heavy (non-hydrogen) atoms. The van der Waals surface area contributed by atoms with Gasteiger partial charge in [0, 0.05) is 16.8 Å². The average Bonchev–Trinajstić information content (AvgIpc) is 3.55. The molecule has 3 atom stereocenters. The Kier molecular flexibility index (Phi) is 7.91. The first-order chi connectivity index (χ1) is 24.5. The highest BCUT2D eigenvalue weighted by molar-refractivity contribution is 5.90. The van der Waals surface area contributed by atoms with E-state index in [1.54, 1.807) is 0 Å². The van der Waals surface area contributed by atoms with E-state index < -0.39 is 5.41 Å². The van der Waals surface area contributed by atoms with Crippen molar-refractivity contribution < 1.29 is 0 Å². The topological polar surface area (TPSA) is 3.24 Å². The van der Waals surface area contributed by atoms with Gasteiger partial charge in [-0.2, -0.15) is 0 Å². The third kappa shape index (κ3) is 4.88. The summed E-state index contributed by atoms with van der Waals surface area (Å²) >= 11 is 0. The van der Waals surface area contributed by atoms with Crippen molar-refractivity contribution in [1.29, 1.82) is 0 Å². The molecule has 0 spiro atoms. The summed E-state index contributed by atoms with van der Waals surface area (Å²) in [4.78, 5) is 2.69. The molecule has 0 aromatic heterocycles. The lowest BCUT2D eigenvalue weighted by molar-refractivity contribution is 0.195. The van der Waals surface area contributed by atoms with Gasteiger partial charge < -0.3 is 4.90 Å². The van der Waals surface area contributed by atoms with Gasteiger partial charge in [-0.25, -0.2) is 0 Å². The number of fused-ring (bicyclic) bond motifs is 6. The second-order valence-electron chi connectivity index (χ2n) is 16.5. The molecule has 5 aromatic rings. The third-order valence-electron chi connectivity index (χ3n) is 12.8. The van der Waals surface area contributed by atoms with Gasteiger partial charge in [0.15, 0.2) is 0 Å². The highest BCUT2D eigenvalue weighted by atomic mass is 15.3. The van der Waals surface area contributed by atoms with Crippen molar-refractivity contribution in [3.63, 3.8) is 0 Å². The van der Waals surface area contributed by atoms with Crippen LogP contribution in [0.15, 0.2) is 152 Å². The largest absolute Gasteiger partial charge is 0.334 e. The number of nitrogens with zero attached hydrogens (tertiary/aromatic N) is 1. The van der Waals surface area contributed by atoms with Gasteiger partial charge in [0.05, 0.1) is 11.0 Å². The molecule has 0 bridgehead atoms. The van der Waals surface area contributed by atoms with E-state index in [1.165, 1.54) is 87.1 Å². The van der Waals surface area contributed by atoms with Crippen LogP contribution in [0.5, 0.6) is 0 Å². The number of rotatable bonds is 6. The maximum Gasteiger partial charge on any atom is 0.0707 e. The summed E-state index contributed by atoms with van der Waals surface area (Å²) in [5, 5.41) is 0. The summed E-state index contributed by atoms with van der Waals surface area (Å²) in [7, 11) is 0. The van der Waals surface area contributed by atoms with Crippen molar-refractivity contribution in [3.05, 3.63) is 180 Å². The Balaban J connectivity index is 1.28. The second-order valence-corrected chi connectivity index (χ2v) is 16.5. The Morgan fingerprint density at radius 2 is 1.35 bits per heavy atom. The Morgan fingerprint density at radius 3 is 2.10 bits per heavy atom. The summed E-state index contributed by atoms with van der Waals surface area (Å²) in [6, 6.07) is 43.8. The molecule has 0 N–H and O–H groups in total. The van der Waals surface area contributed by atoms with Gasteiger partial charge in [-0.3, -0.25) is 0 Å². The van der Waals surface area contributed by atoms with Crippen LogP contribution in [0.25, 0.3) is 22.3 Å². The zero-order valence-electron chi connectivity index (χ0n) is 31.3. The Labute approximate surface area is 306 Å². The molecule has 3 aliphatic rings. The molecule has 2 aliphatic carbocycles. The third-order valence-corrected chi connectivity index (χ3v) is 12.8. The summed E-state index contributed by atoms with van der Waals surface area (Å²) in [5.74, 6) is 0. The maximum atomic E-state index is 4.75. The van der Waals surface area contributed by atoms with Crippen LogP contribution in [0.1, 0.15) is 95.0 Å². The highest BCUT2D eigenvalue weighted by Crippen LogP contribution is 2.62. The predicted molar refractivity (Wildman–Crippen MR) is 218 cm³/mol. The lowest BCUT2D eigenvalue weighted by atomic mass is 9.61. The normalized spacial score (nSPS) is 23.7. The SMILES string of the molecule is C=C(/C=C\C=C/C)C1(c2ccccc2)c2ccccc2-c2cc(-c3ccc4c(c3)C3(C)CCCCC3(C)N4c3ccc(C(C)(C)C)cc3)ccc21. The molecule has 1 saturated carbocycles. The summed E-state index contributed by atoms with van der Waals surface area (Å²) < 4.78 is 0. The monoisotopic (exact) mass is 665 g/mol. The molecule has 1 aliphatic heterocycles. The summed E-state index contributed by atoms with van der Waals surface area (Å²) in [6.45, 7) is 18.8. The molecule has 0 amide bonds. The van der Waals surface area contributed by atoms with Gasteiger partial charge >= 0.3 is 0 Å². The number of benzene rings is 5. The zero-order chi connectivity index (χ0) is 35.6. The van der Waals surface area contributed by atoms with Crippen LogP contribution in [0.3, 0.4) is 0 Å². The van der Waals surface area contributed by atoms with Crippen LogP contribution in [0.4, 0.5) is 11.4 Å². The van der Waals surface area contributed by atoms with E-state index in [0.717, 1.165) is 5.57 Å². The van der Waals surface area contributed by atoms with Gasteiger partial charge in [0.1, 0.15) is 0 Å². The van der Waals surface area contributed by atoms with Gasteiger partial charge in [0.2, 0.25) is 0 Å². The van der Waals surface area contributed by atoms with Crippen molar-refractivity contribution >= 4 is 11.4 Å². The number of hydrogen-bond donors (Lipinski definition) is 0. The lowest BCUT2D eigenvalue weighted by Gasteiger charge is -2.50. The van der Waals surface area contributed by atoms with E-state index in [0.29, 0.717) is 0 Å². The molecule has 1 heteroatoms. The van der Waals surface area contributed by atoms with Gasteiger partial charge in [-0.15, -0.1) is 0 Å². The first-order valence-corrected chi connectivity index (χ1v) is 18.9. The van der Waals surface area contributed by atoms with Crippen LogP contribution in [0.2, 0.25) is 0 Å². The van der Waals surface area contributed by atoms with E-state index in [4.69, 9.17) is 6.58 Å². The molecule has 1 fully saturated rings. The van der Waals surface area contributed by atoms with E-state index in [2.05, 4.69) is 186 Å². The second kappa shape index (κ2) is 12.1. The number of hydrogen-bond acceptors (Lipinski definition) is 1. The van der Waals surface area contributed by atoms with Crippen molar-refractivity contribution in [2.24, 2.45) is 0 Å². The first-order valence-electron chi connectivity index (χ1n) is 18.9. The fraction of sp³-hybridized carbons (Fsp3) is 0.280. The van der Waals surface area contributed by atoms with E-state index in [9.17, 15) is 0 Å². The Bertz CT molecular complexity index is 2190. The molecular weight excluding hydrogens is 615 g/mol. The molecule has 1 nitrogen and oxygen atoms in total. The Morgan fingerprint density at radius 1 is 0.686 bits per heavy atom. The Hall–Kier alpha value is -4.88. The fourth-order valence-electron chi connectivity index (χ4n) is 9.83. The summed E-state index contributed by atoms with van der Waals surface area (Å²) in [6.07, 6.45) is 13.4. The van der Waals surface area contributed by atoms with Crippen LogP contribution < -0.4 is 4.90 Å². The molecular formula is C50H51N. The maximum absolute atomic E-state index is 4.75. The molecule has 8 rings (SSSR count). The van der Waals surface area contributed by atoms with Crippen molar-refractivity contribution in [1.82, 2.24) is 0 Å². The highest BCUT2D eigenvalue weighted by Gasteiger charge is 2.57. The van der Waals surface area contributed by atoms with Gasteiger partial charge in [0.25, 0.3) is 0 Å². The van der Waals surface area contributed by atoms with Crippen LogP contribution in [-0.4, -0.2) is 5.54 Å². The van der Waals surface area contributed by atoms with Gasteiger partial charge in [-0.05, 0) is 118 Å². The molecule has 5 aromatic carbocycles. The molecule has 256 valence electrons. The number of anilines is 2. The van der Waals surface area contributed by atoms with Crippen LogP contribution >= 0.6 is 0 Å². The standard InChI is InChI=1S/C50H51N/c1-8-9-11-18-35(2)50(39-19-12-10-13-20-39)43-22-15-14-21-41(43)42-33-36(23-29-44(42)50)37-24-30-46-45(34-37)48(6)31-16-17-32-49(48,7)51(46)40-27-25-38(26-28-40)47(3,4)5/h8-15,18-30,33-34H,2,16-17,31-32H2,1,3-7H3/b9-8-,18-11-. The molecule has 0 radical (unpaired) electrons. The van der Waals surface area contributed by atoms with Crippen molar-refractivity contribution in [2.75, 3.05) is 4.90 Å². The van der Waals surface area contributed by atoms with Crippen LogP contribution in [0, 0.1) is 0 Å². The minimum absolute atomic E-state index is 0.0163. The summed E-state index contributed by atoms with van der Waals surface area (Å²) in [5.41, 5.74) is 15.3. The average molecular weight is 666 g/mol. The predicted octanol–water partition coefficient (Wildman–Crippen LogP) is 13.4. The van der Waals surface area contributed by atoms with E-state index >= 15 is 0 Å².